The van der Waals surface area contributed by atoms with Crippen molar-refractivity contribution in [3.05, 3.63) is 23.8 Å². The number of rotatable bonds is 9. The molecule has 0 N–H and O–H groups in total. The molecule has 0 amide bonds. The maximum absolute atomic E-state index is 4.10. The first-order valence-electron chi connectivity index (χ1n) is 11.4. The summed E-state index contributed by atoms with van der Waals surface area (Å²) in [5, 5.41) is 0. The van der Waals surface area contributed by atoms with Gasteiger partial charge in [0, 0.05) is 0 Å². The minimum absolute atomic E-state index is 0.867. The van der Waals surface area contributed by atoms with Gasteiger partial charge in [0.15, 0.2) is 0 Å². The zero-order valence-electron chi connectivity index (χ0n) is 17.5. The molecule has 0 radical (unpaired) electrons. The fourth-order valence-corrected chi connectivity index (χ4v) is 5.60. The second-order valence-electron chi connectivity index (χ2n) is 9.34. The SMILES string of the molecule is C=CC(CC(CC)C(CC1CCCCC1)CC1CCCCC1)=C(C)C. The zero-order valence-corrected chi connectivity index (χ0v) is 17.5. The van der Waals surface area contributed by atoms with E-state index in [4.69, 9.17) is 0 Å². The molecule has 1 unspecified atom stereocenters. The van der Waals surface area contributed by atoms with E-state index in [1.165, 1.54) is 101 Å². The van der Waals surface area contributed by atoms with Crippen LogP contribution in [0.3, 0.4) is 0 Å². The lowest BCUT2D eigenvalue weighted by Gasteiger charge is -2.35. The lowest BCUT2D eigenvalue weighted by Crippen LogP contribution is -2.24. The molecule has 0 spiro atoms. The van der Waals surface area contributed by atoms with Crippen LogP contribution >= 0.6 is 0 Å². The molecule has 2 saturated carbocycles. The third kappa shape index (κ3) is 6.95. The molecule has 0 bridgehead atoms. The Bertz CT molecular complexity index is 380. The first kappa shape index (κ1) is 20.8. The Labute approximate surface area is 158 Å². The van der Waals surface area contributed by atoms with E-state index >= 15 is 0 Å². The molecule has 2 aliphatic rings. The van der Waals surface area contributed by atoms with Crippen molar-refractivity contribution in [2.75, 3.05) is 0 Å². The Hall–Kier alpha value is -0.520. The molecule has 0 aliphatic heterocycles. The summed E-state index contributed by atoms with van der Waals surface area (Å²) in [6.45, 7) is 11.1. The fourth-order valence-electron chi connectivity index (χ4n) is 5.60. The Kier molecular flexibility index (Phi) is 9.35. The van der Waals surface area contributed by atoms with Gasteiger partial charge in [-0.2, -0.15) is 0 Å². The molecule has 0 heterocycles. The number of allylic oxidation sites excluding steroid dienone is 3. The highest BCUT2D eigenvalue weighted by Crippen LogP contribution is 2.41. The molecule has 1 atom stereocenters. The summed E-state index contributed by atoms with van der Waals surface area (Å²) in [4.78, 5) is 0. The highest BCUT2D eigenvalue weighted by molar-refractivity contribution is 5.22. The maximum atomic E-state index is 4.10. The van der Waals surface area contributed by atoms with Gasteiger partial charge < -0.3 is 0 Å². The van der Waals surface area contributed by atoms with Crippen molar-refractivity contribution in [2.45, 2.75) is 111 Å². The molecule has 2 aliphatic carbocycles. The molecule has 0 aromatic rings. The van der Waals surface area contributed by atoms with Crippen molar-refractivity contribution in [3.63, 3.8) is 0 Å². The Morgan fingerprint density at radius 2 is 1.32 bits per heavy atom. The average Bonchev–Trinajstić information content (AvgIpc) is 2.64. The van der Waals surface area contributed by atoms with Gasteiger partial charge in [0.25, 0.3) is 0 Å². The van der Waals surface area contributed by atoms with Crippen LogP contribution in [0.25, 0.3) is 0 Å². The van der Waals surface area contributed by atoms with Gasteiger partial charge in [-0.05, 0) is 62.4 Å². The molecule has 144 valence electrons. The lowest BCUT2D eigenvalue weighted by atomic mass is 9.70. The van der Waals surface area contributed by atoms with Crippen LogP contribution in [-0.4, -0.2) is 0 Å². The van der Waals surface area contributed by atoms with E-state index in [1.54, 1.807) is 0 Å². The molecule has 0 aromatic heterocycles. The summed E-state index contributed by atoms with van der Waals surface area (Å²) < 4.78 is 0. The molecule has 0 heteroatoms. The van der Waals surface area contributed by atoms with Crippen LogP contribution in [0, 0.1) is 23.7 Å². The predicted molar refractivity (Wildman–Crippen MR) is 113 cm³/mol. The van der Waals surface area contributed by atoms with E-state index in [9.17, 15) is 0 Å². The van der Waals surface area contributed by atoms with Gasteiger partial charge in [-0.15, -0.1) is 0 Å². The van der Waals surface area contributed by atoms with Crippen molar-refractivity contribution in [2.24, 2.45) is 23.7 Å². The van der Waals surface area contributed by atoms with E-state index in [0.29, 0.717) is 0 Å². The van der Waals surface area contributed by atoms with Gasteiger partial charge in [0.2, 0.25) is 0 Å². The fraction of sp³-hybridized carbons (Fsp3) is 0.840. The summed E-state index contributed by atoms with van der Waals surface area (Å²) >= 11 is 0. The third-order valence-corrected chi connectivity index (χ3v) is 7.28. The Balaban J connectivity index is 2.05. The minimum atomic E-state index is 0.867. The molecule has 2 fully saturated rings. The first-order chi connectivity index (χ1) is 12.1. The average molecular weight is 345 g/mol. The normalized spacial score (nSPS) is 21.3. The van der Waals surface area contributed by atoms with Gasteiger partial charge in [-0.3, -0.25) is 0 Å². The lowest BCUT2D eigenvalue weighted by molar-refractivity contribution is 0.173. The van der Waals surface area contributed by atoms with E-state index < -0.39 is 0 Å². The minimum Gasteiger partial charge on any atom is -0.0988 e. The topological polar surface area (TPSA) is 0 Å². The van der Waals surface area contributed by atoms with Crippen LogP contribution in [-0.2, 0) is 0 Å². The van der Waals surface area contributed by atoms with Gasteiger partial charge >= 0.3 is 0 Å². The van der Waals surface area contributed by atoms with E-state index in [-0.39, 0.29) is 0 Å². The number of hydrogen-bond acceptors (Lipinski definition) is 0. The van der Waals surface area contributed by atoms with Gasteiger partial charge in [-0.25, -0.2) is 0 Å². The Morgan fingerprint density at radius 3 is 1.68 bits per heavy atom. The van der Waals surface area contributed by atoms with Crippen LogP contribution in [0.5, 0.6) is 0 Å². The van der Waals surface area contributed by atoms with Crippen molar-refractivity contribution in [1.82, 2.24) is 0 Å². The highest BCUT2D eigenvalue weighted by atomic mass is 14.3. The second-order valence-corrected chi connectivity index (χ2v) is 9.34. The van der Waals surface area contributed by atoms with Gasteiger partial charge in [0.1, 0.15) is 0 Å². The smallest absolute Gasteiger partial charge is 0.0249 e. The van der Waals surface area contributed by atoms with Crippen molar-refractivity contribution in [1.29, 1.82) is 0 Å². The number of hydrogen-bond donors (Lipinski definition) is 0. The summed E-state index contributed by atoms with van der Waals surface area (Å²) in [7, 11) is 0. The van der Waals surface area contributed by atoms with Crippen LogP contribution in [0.2, 0.25) is 0 Å². The van der Waals surface area contributed by atoms with E-state index in [1.807, 2.05) is 0 Å². The molecular weight excluding hydrogens is 300 g/mol. The zero-order chi connectivity index (χ0) is 18.1. The standard InChI is InChI=1S/C25H44/c1-5-23(20(3)4)19-24(6-2)25(17-21-13-9-7-10-14-21)18-22-15-11-8-12-16-22/h5,21-22,24-25H,1,6-19H2,2-4H3. The summed E-state index contributed by atoms with van der Waals surface area (Å²) in [5.41, 5.74) is 2.99. The van der Waals surface area contributed by atoms with Gasteiger partial charge in [0.05, 0.1) is 0 Å². The second kappa shape index (κ2) is 11.2. The van der Waals surface area contributed by atoms with Crippen LogP contribution in [0.15, 0.2) is 23.8 Å². The molecule has 25 heavy (non-hydrogen) atoms. The molecule has 0 saturated heterocycles. The Morgan fingerprint density at radius 1 is 0.840 bits per heavy atom. The monoisotopic (exact) mass is 344 g/mol. The van der Waals surface area contributed by atoms with Crippen LogP contribution < -0.4 is 0 Å². The summed E-state index contributed by atoms with van der Waals surface area (Å²) in [6.07, 6.45) is 22.7. The van der Waals surface area contributed by atoms with E-state index in [2.05, 4.69) is 33.4 Å². The van der Waals surface area contributed by atoms with Crippen molar-refractivity contribution in [3.8, 4) is 0 Å². The van der Waals surface area contributed by atoms with Crippen molar-refractivity contribution < 1.29 is 0 Å². The molecule has 0 aromatic carbocycles. The highest BCUT2D eigenvalue weighted by Gasteiger charge is 2.28. The maximum Gasteiger partial charge on any atom is -0.0249 e. The van der Waals surface area contributed by atoms with Crippen LogP contribution in [0.1, 0.15) is 111 Å². The van der Waals surface area contributed by atoms with Gasteiger partial charge in [-0.1, -0.05) is 95.8 Å². The first-order valence-corrected chi connectivity index (χ1v) is 11.4. The third-order valence-electron chi connectivity index (χ3n) is 7.28. The molecule has 0 nitrogen and oxygen atoms in total. The quantitative estimate of drug-likeness (QED) is 0.368. The summed E-state index contributed by atoms with van der Waals surface area (Å²) in [5.74, 6) is 3.86. The molecule has 2 rings (SSSR count). The summed E-state index contributed by atoms with van der Waals surface area (Å²) in [6, 6.07) is 0. The molecular formula is C25H44. The van der Waals surface area contributed by atoms with Crippen LogP contribution in [0.4, 0.5) is 0 Å². The van der Waals surface area contributed by atoms with E-state index in [0.717, 1.165) is 23.7 Å². The predicted octanol–water partition coefficient (Wildman–Crippen LogP) is 8.48. The van der Waals surface area contributed by atoms with Crippen molar-refractivity contribution >= 4 is 0 Å². The largest absolute Gasteiger partial charge is 0.0988 e.